The molecule has 4 nitrogen and oxygen atoms in total. The summed E-state index contributed by atoms with van der Waals surface area (Å²) in [6.45, 7) is 1.51. The van der Waals surface area contributed by atoms with Crippen LogP contribution < -0.4 is 10.6 Å². The predicted octanol–water partition coefficient (Wildman–Crippen LogP) is 8.40. The van der Waals surface area contributed by atoms with Gasteiger partial charge in [0, 0.05) is 34.4 Å². The maximum Gasteiger partial charge on any atom is 0.326 e. The van der Waals surface area contributed by atoms with Gasteiger partial charge in [-0.2, -0.15) is 0 Å². The van der Waals surface area contributed by atoms with Crippen molar-refractivity contribution in [1.29, 1.82) is 0 Å². The summed E-state index contributed by atoms with van der Waals surface area (Å²) >= 11 is 12.9. The Morgan fingerprint density at radius 1 is 0.900 bits per heavy atom. The van der Waals surface area contributed by atoms with Crippen molar-refractivity contribution < 1.29 is 9.90 Å². The lowest BCUT2D eigenvalue weighted by Gasteiger charge is -2.28. The first-order chi connectivity index (χ1) is 19.5. The Balaban J connectivity index is 1.27. The Bertz CT molecular complexity index is 1410. The number of hydrogen-bond donors (Lipinski definition) is 3. The van der Waals surface area contributed by atoms with Crippen molar-refractivity contribution in [2.24, 2.45) is 0 Å². The third-order valence-electron chi connectivity index (χ3n) is 7.95. The number of carboxylic acids is 1. The number of carboxylic acid groups (broad SMARTS) is 1. The van der Waals surface area contributed by atoms with E-state index < -0.39 is 12.0 Å². The first-order valence-electron chi connectivity index (χ1n) is 14.2. The normalized spacial score (nSPS) is 17.6. The Labute approximate surface area is 247 Å². The summed E-state index contributed by atoms with van der Waals surface area (Å²) in [6, 6.07) is 15.5. The molecule has 0 amide bonds. The summed E-state index contributed by atoms with van der Waals surface area (Å²) in [5.41, 5.74) is 9.11. The summed E-state index contributed by atoms with van der Waals surface area (Å²) in [5, 5.41) is 18.5. The molecular weight excluding hydrogens is 539 g/mol. The average molecular weight is 576 g/mol. The van der Waals surface area contributed by atoms with Gasteiger partial charge in [0.05, 0.1) is 0 Å². The standard InChI is InChI=1S/C34H36Cl2N2O2/c35-30-14-5-2-9-27(30)22-37-21-26-8-1-3-12-28(26)24-18-16-23(17-19-24)20-32(34(39)40)38-33(25-10-7-11-25)29-13-4-6-15-31(29)36/h1,3-4,6,8-9,12-16,18,32,37-38H,2,5,7,10-11,17,19-22H2,(H,39,40). The van der Waals surface area contributed by atoms with Crippen molar-refractivity contribution in [2.45, 2.75) is 64.0 Å². The van der Waals surface area contributed by atoms with Crippen molar-refractivity contribution >= 4 is 40.4 Å². The van der Waals surface area contributed by atoms with Crippen LogP contribution in [0.2, 0.25) is 5.02 Å². The van der Waals surface area contributed by atoms with Gasteiger partial charge in [0.1, 0.15) is 6.04 Å². The Hall–Kier alpha value is -3.05. The summed E-state index contributed by atoms with van der Waals surface area (Å²) in [4.78, 5) is 12.3. The van der Waals surface area contributed by atoms with Crippen molar-refractivity contribution in [3.63, 3.8) is 0 Å². The lowest BCUT2D eigenvalue weighted by Crippen LogP contribution is -2.37. The van der Waals surface area contributed by atoms with Gasteiger partial charge in [-0.1, -0.05) is 95.5 Å². The number of hydrogen-bond acceptors (Lipinski definition) is 3. The van der Waals surface area contributed by atoms with Crippen LogP contribution in [0.15, 0.2) is 94.6 Å². The molecule has 2 aromatic carbocycles. The molecule has 0 radical (unpaired) electrons. The van der Waals surface area contributed by atoms with Gasteiger partial charge in [-0.15, -0.1) is 0 Å². The molecule has 0 aliphatic heterocycles. The molecule has 0 aromatic heterocycles. The van der Waals surface area contributed by atoms with Gasteiger partial charge >= 0.3 is 5.97 Å². The zero-order valence-corrected chi connectivity index (χ0v) is 24.2. The Morgan fingerprint density at radius 3 is 2.38 bits per heavy atom. The summed E-state index contributed by atoms with van der Waals surface area (Å²) in [5.74, 6) is -0.848. The van der Waals surface area contributed by atoms with E-state index in [1.165, 1.54) is 27.8 Å². The fourth-order valence-corrected chi connectivity index (χ4v) is 6.00. The van der Waals surface area contributed by atoms with E-state index in [-0.39, 0.29) is 0 Å². The minimum Gasteiger partial charge on any atom is -0.480 e. The minimum absolute atomic E-state index is 0.451. The molecule has 1 fully saturated rings. The fraction of sp³-hybridized carbons (Fsp3) is 0.324. The number of benzene rings is 2. The molecule has 1 unspecified atom stereocenters. The van der Waals surface area contributed by atoms with Crippen LogP contribution >= 0.6 is 23.2 Å². The molecule has 0 bridgehead atoms. The van der Waals surface area contributed by atoms with Gasteiger partial charge < -0.3 is 15.7 Å². The van der Waals surface area contributed by atoms with Crippen LogP contribution in [0.5, 0.6) is 0 Å². The van der Waals surface area contributed by atoms with Crippen LogP contribution in [0.25, 0.3) is 11.3 Å². The molecule has 3 aliphatic rings. The third kappa shape index (κ3) is 6.98. The number of halogens is 2. The smallest absolute Gasteiger partial charge is 0.326 e. The highest BCUT2D eigenvalue weighted by atomic mass is 35.5. The monoisotopic (exact) mass is 574 g/mol. The van der Waals surface area contributed by atoms with Gasteiger partial charge in [0.15, 0.2) is 0 Å². The molecule has 5 rings (SSSR count). The first-order valence-corrected chi connectivity index (χ1v) is 14.9. The van der Waals surface area contributed by atoms with E-state index in [4.69, 9.17) is 23.2 Å². The lowest BCUT2D eigenvalue weighted by molar-refractivity contribution is -0.139. The van der Waals surface area contributed by atoms with E-state index in [0.717, 1.165) is 79.9 Å². The summed E-state index contributed by atoms with van der Waals surface area (Å²) in [7, 11) is 0. The first kappa shape index (κ1) is 28.5. The molecule has 1 atom stereocenters. The predicted molar refractivity (Wildman–Crippen MR) is 166 cm³/mol. The second-order valence-electron chi connectivity index (χ2n) is 10.7. The molecule has 0 spiro atoms. The molecule has 3 aliphatic carbocycles. The largest absolute Gasteiger partial charge is 0.480 e. The lowest BCUT2D eigenvalue weighted by atomic mass is 9.87. The minimum atomic E-state index is -0.848. The van der Waals surface area contributed by atoms with E-state index >= 15 is 0 Å². The second kappa shape index (κ2) is 13.5. The van der Waals surface area contributed by atoms with E-state index in [2.05, 4.69) is 59.2 Å². The SMILES string of the molecule is O=C(O)C(CC1=CC=C(c2ccccc2CNCC2=CCCC=C2Cl)CC1)NC(=C1CCC1)c1ccccc1Cl. The molecule has 208 valence electrons. The van der Waals surface area contributed by atoms with E-state index in [1.54, 1.807) is 0 Å². The van der Waals surface area contributed by atoms with Crippen molar-refractivity contribution in [3.8, 4) is 0 Å². The van der Waals surface area contributed by atoms with E-state index in [1.807, 2.05) is 24.3 Å². The van der Waals surface area contributed by atoms with Gasteiger partial charge in [0.2, 0.25) is 0 Å². The second-order valence-corrected chi connectivity index (χ2v) is 11.5. The molecule has 1 saturated carbocycles. The molecule has 3 N–H and O–H groups in total. The molecule has 0 heterocycles. The number of rotatable bonds is 11. The van der Waals surface area contributed by atoms with Crippen LogP contribution in [0.1, 0.15) is 68.1 Å². The van der Waals surface area contributed by atoms with Crippen LogP contribution in [0, 0.1) is 0 Å². The fourth-order valence-electron chi connectivity index (χ4n) is 5.52. The Morgan fingerprint density at radius 2 is 1.68 bits per heavy atom. The van der Waals surface area contributed by atoms with Crippen LogP contribution in [-0.2, 0) is 11.3 Å². The Kier molecular flexibility index (Phi) is 9.64. The zero-order valence-electron chi connectivity index (χ0n) is 22.7. The van der Waals surface area contributed by atoms with Crippen LogP contribution in [-0.4, -0.2) is 23.7 Å². The van der Waals surface area contributed by atoms with Crippen molar-refractivity contribution in [2.75, 3.05) is 6.54 Å². The van der Waals surface area contributed by atoms with Crippen LogP contribution in [0.3, 0.4) is 0 Å². The molecule has 6 heteroatoms. The highest BCUT2D eigenvalue weighted by Gasteiger charge is 2.25. The number of carbonyl (C=O) groups is 1. The topological polar surface area (TPSA) is 61.4 Å². The molecule has 2 aromatic rings. The highest BCUT2D eigenvalue weighted by Crippen LogP contribution is 2.36. The van der Waals surface area contributed by atoms with Crippen molar-refractivity contribution in [3.05, 3.63) is 116 Å². The molecule has 0 saturated heterocycles. The zero-order chi connectivity index (χ0) is 27.9. The van der Waals surface area contributed by atoms with E-state index in [9.17, 15) is 9.90 Å². The van der Waals surface area contributed by atoms with Gasteiger partial charge in [-0.25, -0.2) is 4.79 Å². The molecular formula is C34H36Cl2N2O2. The molecule has 40 heavy (non-hydrogen) atoms. The highest BCUT2D eigenvalue weighted by molar-refractivity contribution is 6.32. The van der Waals surface area contributed by atoms with Gasteiger partial charge in [0.25, 0.3) is 0 Å². The van der Waals surface area contributed by atoms with Crippen molar-refractivity contribution in [1.82, 2.24) is 10.6 Å². The maximum atomic E-state index is 12.3. The summed E-state index contributed by atoms with van der Waals surface area (Å²) in [6.07, 6.45) is 15.9. The quantitative estimate of drug-likeness (QED) is 0.252. The van der Waals surface area contributed by atoms with E-state index in [0.29, 0.717) is 11.4 Å². The number of aliphatic carboxylic acids is 1. The third-order valence-corrected chi connectivity index (χ3v) is 8.68. The average Bonchev–Trinajstić information content (AvgIpc) is 2.93. The van der Waals surface area contributed by atoms with Gasteiger partial charge in [-0.05, 0) is 85.3 Å². The maximum absolute atomic E-state index is 12.3. The number of allylic oxidation sites excluding steroid dienone is 6. The van der Waals surface area contributed by atoms with Crippen LogP contribution in [0.4, 0.5) is 0 Å². The summed E-state index contributed by atoms with van der Waals surface area (Å²) < 4.78 is 0. The number of nitrogens with one attached hydrogen (secondary N) is 2. The van der Waals surface area contributed by atoms with Gasteiger partial charge in [-0.3, -0.25) is 0 Å².